The van der Waals surface area contributed by atoms with Gasteiger partial charge in [-0.25, -0.2) is 0 Å². The summed E-state index contributed by atoms with van der Waals surface area (Å²) in [4.78, 5) is 0. The SMILES string of the molecule is FC(F)(F)C(F)(F)c1cccc2[c]cccc12. The lowest BCUT2D eigenvalue weighted by molar-refractivity contribution is -0.288. The topological polar surface area (TPSA) is 0 Å². The maximum Gasteiger partial charge on any atom is 0.458 e. The second kappa shape index (κ2) is 3.68. The first kappa shape index (κ1) is 11.8. The second-order valence-electron chi connectivity index (χ2n) is 3.51. The molecule has 0 aliphatic carbocycles. The molecule has 0 bridgehead atoms. The summed E-state index contributed by atoms with van der Waals surface area (Å²) < 4.78 is 63.4. The van der Waals surface area contributed by atoms with Crippen LogP contribution in [0, 0.1) is 6.07 Å². The fourth-order valence-electron chi connectivity index (χ4n) is 1.58. The Morgan fingerprint density at radius 2 is 1.59 bits per heavy atom. The molecule has 0 heterocycles. The summed E-state index contributed by atoms with van der Waals surface area (Å²) in [6.07, 6.45) is -5.60. The van der Waals surface area contributed by atoms with Gasteiger partial charge in [0.2, 0.25) is 0 Å². The van der Waals surface area contributed by atoms with Crippen LogP contribution in [0.5, 0.6) is 0 Å². The average molecular weight is 245 g/mol. The van der Waals surface area contributed by atoms with Crippen LogP contribution < -0.4 is 0 Å². The zero-order valence-corrected chi connectivity index (χ0v) is 8.35. The van der Waals surface area contributed by atoms with Crippen LogP contribution in [0.15, 0.2) is 36.4 Å². The van der Waals surface area contributed by atoms with E-state index in [-0.39, 0.29) is 10.8 Å². The zero-order valence-electron chi connectivity index (χ0n) is 8.35. The van der Waals surface area contributed by atoms with Gasteiger partial charge in [-0.15, -0.1) is 0 Å². The van der Waals surface area contributed by atoms with Gasteiger partial charge in [-0.1, -0.05) is 36.4 Å². The normalized spacial score (nSPS) is 13.0. The van der Waals surface area contributed by atoms with E-state index in [1.807, 2.05) is 0 Å². The number of hydrogen-bond donors (Lipinski definition) is 0. The largest absolute Gasteiger partial charge is 0.458 e. The molecule has 2 aromatic rings. The van der Waals surface area contributed by atoms with Crippen LogP contribution in [0.3, 0.4) is 0 Å². The molecule has 0 atom stereocenters. The molecule has 0 spiro atoms. The molecule has 0 amide bonds. The van der Waals surface area contributed by atoms with Crippen molar-refractivity contribution in [3.05, 3.63) is 48.0 Å². The lowest BCUT2D eigenvalue weighted by Gasteiger charge is -2.21. The number of hydrogen-bond acceptors (Lipinski definition) is 0. The predicted octanol–water partition coefficient (Wildman–Crippen LogP) is 4.29. The number of benzene rings is 2. The van der Waals surface area contributed by atoms with Crippen LogP contribution in [0.2, 0.25) is 0 Å². The Morgan fingerprint density at radius 1 is 0.882 bits per heavy atom. The van der Waals surface area contributed by atoms with Gasteiger partial charge in [0.05, 0.1) is 0 Å². The second-order valence-corrected chi connectivity index (χ2v) is 3.51. The Labute approximate surface area is 93.7 Å². The summed E-state index contributed by atoms with van der Waals surface area (Å²) in [5.74, 6) is -4.86. The van der Waals surface area contributed by atoms with Gasteiger partial charge in [0.15, 0.2) is 0 Å². The Bertz CT molecular complexity index is 537. The molecule has 0 unspecified atom stereocenters. The molecule has 1 radical (unpaired) electrons. The molecule has 0 fully saturated rings. The van der Waals surface area contributed by atoms with Crippen LogP contribution in [0.4, 0.5) is 22.0 Å². The van der Waals surface area contributed by atoms with Gasteiger partial charge in [0.1, 0.15) is 0 Å². The number of halogens is 5. The van der Waals surface area contributed by atoms with E-state index >= 15 is 0 Å². The smallest absolute Gasteiger partial charge is 0.191 e. The maximum atomic E-state index is 13.3. The lowest BCUT2D eigenvalue weighted by Crippen LogP contribution is -2.33. The zero-order chi connectivity index (χ0) is 12.7. The summed E-state index contributed by atoms with van der Waals surface area (Å²) >= 11 is 0. The quantitative estimate of drug-likeness (QED) is 0.657. The highest BCUT2D eigenvalue weighted by Crippen LogP contribution is 2.45. The fraction of sp³-hybridized carbons (Fsp3) is 0.167. The summed E-state index contributed by atoms with van der Waals surface area (Å²) in [5.41, 5.74) is -1.04. The van der Waals surface area contributed by atoms with Gasteiger partial charge in [-0.3, -0.25) is 0 Å². The van der Waals surface area contributed by atoms with Gasteiger partial charge in [0, 0.05) is 5.56 Å². The van der Waals surface area contributed by atoms with Crippen LogP contribution in [0.25, 0.3) is 10.8 Å². The molecule has 5 heteroatoms. The van der Waals surface area contributed by atoms with Crippen LogP contribution in [-0.2, 0) is 5.92 Å². The third kappa shape index (κ3) is 1.85. The van der Waals surface area contributed by atoms with E-state index in [4.69, 9.17) is 0 Å². The average Bonchev–Trinajstić information content (AvgIpc) is 2.26. The van der Waals surface area contributed by atoms with E-state index in [0.717, 1.165) is 12.1 Å². The maximum absolute atomic E-state index is 13.3. The van der Waals surface area contributed by atoms with Crippen molar-refractivity contribution < 1.29 is 22.0 Å². The molecule has 17 heavy (non-hydrogen) atoms. The van der Waals surface area contributed by atoms with Crippen LogP contribution >= 0.6 is 0 Å². The van der Waals surface area contributed by atoms with Gasteiger partial charge >= 0.3 is 12.1 Å². The molecule has 2 aromatic carbocycles. The van der Waals surface area contributed by atoms with Crippen molar-refractivity contribution in [1.82, 2.24) is 0 Å². The molecular formula is C12H6F5. The first-order chi connectivity index (χ1) is 7.84. The number of rotatable bonds is 1. The predicted molar refractivity (Wildman–Crippen MR) is 52.7 cm³/mol. The van der Waals surface area contributed by atoms with E-state index in [0.29, 0.717) is 0 Å². The van der Waals surface area contributed by atoms with E-state index in [1.165, 1.54) is 24.3 Å². The number of alkyl halides is 5. The molecule has 0 saturated carbocycles. The van der Waals surface area contributed by atoms with Crippen LogP contribution in [0.1, 0.15) is 5.56 Å². The Balaban J connectivity index is 2.72. The van der Waals surface area contributed by atoms with Crippen molar-refractivity contribution in [3.8, 4) is 0 Å². The Morgan fingerprint density at radius 3 is 2.24 bits per heavy atom. The van der Waals surface area contributed by atoms with E-state index in [9.17, 15) is 22.0 Å². The highest BCUT2D eigenvalue weighted by Gasteiger charge is 2.59. The van der Waals surface area contributed by atoms with E-state index in [2.05, 4.69) is 6.07 Å². The van der Waals surface area contributed by atoms with E-state index < -0.39 is 17.7 Å². The monoisotopic (exact) mass is 245 g/mol. The van der Waals surface area contributed by atoms with Crippen molar-refractivity contribution in [2.24, 2.45) is 0 Å². The van der Waals surface area contributed by atoms with Crippen molar-refractivity contribution in [1.29, 1.82) is 0 Å². The highest BCUT2D eigenvalue weighted by molar-refractivity contribution is 5.85. The molecule has 2 rings (SSSR count). The van der Waals surface area contributed by atoms with E-state index in [1.54, 1.807) is 0 Å². The van der Waals surface area contributed by atoms with Crippen LogP contribution in [-0.4, -0.2) is 6.18 Å². The molecule has 0 aliphatic heterocycles. The van der Waals surface area contributed by atoms with Crippen molar-refractivity contribution >= 4 is 10.8 Å². The first-order valence-electron chi connectivity index (χ1n) is 4.68. The third-order valence-electron chi connectivity index (χ3n) is 2.40. The van der Waals surface area contributed by atoms with Gasteiger partial charge < -0.3 is 0 Å². The number of fused-ring (bicyclic) bond motifs is 1. The standard InChI is InChI=1S/C12H6F5/c13-11(14,12(15,16)17)10-7-3-5-8-4-1-2-6-9(8)10/h1-3,5-7H. The summed E-state index contributed by atoms with van der Waals surface area (Å²) in [6, 6.07) is 10.0. The Kier molecular flexibility index (Phi) is 2.56. The molecule has 0 N–H and O–H groups in total. The van der Waals surface area contributed by atoms with Gasteiger partial charge in [0.25, 0.3) is 0 Å². The third-order valence-corrected chi connectivity index (χ3v) is 2.40. The highest BCUT2D eigenvalue weighted by atomic mass is 19.4. The fourth-order valence-corrected chi connectivity index (χ4v) is 1.58. The summed E-state index contributed by atoms with van der Waals surface area (Å²) in [5, 5.41) is 0.0891. The molecule has 0 nitrogen and oxygen atoms in total. The van der Waals surface area contributed by atoms with Gasteiger partial charge in [-0.05, 0) is 16.8 Å². The van der Waals surface area contributed by atoms with Crippen molar-refractivity contribution in [3.63, 3.8) is 0 Å². The minimum absolute atomic E-state index is 0.141. The molecule has 89 valence electrons. The minimum atomic E-state index is -5.60. The molecule has 0 aromatic heterocycles. The summed E-state index contributed by atoms with van der Waals surface area (Å²) in [6.45, 7) is 0. The van der Waals surface area contributed by atoms with Crippen molar-refractivity contribution in [2.45, 2.75) is 12.1 Å². The lowest BCUT2D eigenvalue weighted by atomic mass is 9.99. The van der Waals surface area contributed by atoms with Crippen molar-refractivity contribution in [2.75, 3.05) is 0 Å². The molecule has 0 aliphatic rings. The Hall–Kier alpha value is -1.65. The van der Waals surface area contributed by atoms with Gasteiger partial charge in [-0.2, -0.15) is 22.0 Å². The summed E-state index contributed by atoms with van der Waals surface area (Å²) in [7, 11) is 0. The molecular weight excluding hydrogens is 239 g/mol. The molecule has 0 saturated heterocycles. The minimum Gasteiger partial charge on any atom is -0.191 e. The first-order valence-corrected chi connectivity index (χ1v) is 4.68.